The number of benzene rings is 1. The summed E-state index contributed by atoms with van der Waals surface area (Å²) >= 11 is 6.41. The fraction of sp³-hybridized carbons (Fsp3) is 0.579. The summed E-state index contributed by atoms with van der Waals surface area (Å²) in [5.41, 5.74) is 0.624. The quantitative estimate of drug-likeness (QED) is 0.615. The van der Waals surface area contributed by atoms with E-state index < -0.39 is 16.8 Å². The zero-order valence-corrected chi connectivity index (χ0v) is 15.8. The number of aryl methyl sites for hydroxylation is 1. The Morgan fingerprint density at radius 1 is 1.28 bits per heavy atom. The van der Waals surface area contributed by atoms with Crippen LogP contribution in [-0.4, -0.2) is 31.1 Å². The first-order valence-electron chi connectivity index (χ1n) is 8.71. The van der Waals surface area contributed by atoms with Gasteiger partial charge in [0.2, 0.25) is 5.91 Å². The first-order chi connectivity index (χ1) is 11.9. The molecule has 1 aromatic carbocycles. The van der Waals surface area contributed by atoms with Crippen molar-refractivity contribution in [2.24, 2.45) is 0 Å². The predicted molar refractivity (Wildman–Crippen MR) is 96.9 cm³/mol. The molecule has 1 atom stereocenters. The Kier molecular flexibility index (Phi) is 6.71. The van der Waals surface area contributed by atoms with Crippen LogP contribution in [-0.2, 0) is 14.3 Å². The molecule has 1 aromatic rings. The lowest BCUT2D eigenvalue weighted by molar-refractivity contribution is -0.155. The maximum Gasteiger partial charge on any atom is 0.331 e. The Bertz CT molecular complexity index is 626. The van der Waals surface area contributed by atoms with E-state index in [2.05, 4.69) is 5.32 Å². The number of rotatable bonds is 6. The van der Waals surface area contributed by atoms with Gasteiger partial charge in [0.1, 0.15) is 16.7 Å². The minimum absolute atomic E-state index is 0.284. The molecule has 0 bridgehead atoms. The van der Waals surface area contributed by atoms with E-state index in [1.165, 1.54) is 0 Å². The molecule has 1 amide bonds. The van der Waals surface area contributed by atoms with Crippen molar-refractivity contribution >= 4 is 23.5 Å². The highest BCUT2D eigenvalue weighted by atomic mass is 35.5. The number of nitrogens with one attached hydrogen (secondary N) is 1. The summed E-state index contributed by atoms with van der Waals surface area (Å²) in [6.45, 7) is 3.98. The average Bonchev–Trinajstić information content (AvgIpc) is 2.61. The second-order valence-electron chi connectivity index (χ2n) is 6.46. The monoisotopic (exact) mass is 367 g/mol. The van der Waals surface area contributed by atoms with Crippen LogP contribution in [0.3, 0.4) is 0 Å². The molecule has 1 unspecified atom stereocenters. The Hall–Kier alpha value is -1.75. The van der Waals surface area contributed by atoms with Crippen LogP contribution in [0.4, 0.5) is 0 Å². The molecule has 0 radical (unpaired) electrons. The number of ether oxygens (including phenoxy) is 2. The summed E-state index contributed by atoms with van der Waals surface area (Å²) in [6.07, 6.45) is 3.95. The van der Waals surface area contributed by atoms with Crippen LogP contribution in [0.2, 0.25) is 0 Å². The molecule has 25 heavy (non-hydrogen) atoms. The van der Waals surface area contributed by atoms with Crippen LogP contribution in [0.25, 0.3) is 0 Å². The summed E-state index contributed by atoms with van der Waals surface area (Å²) in [5, 5.41) is 1.94. The lowest BCUT2D eigenvalue weighted by atomic mass is 9.81. The highest BCUT2D eigenvalue weighted by molar-refractivity contribution is 6.31. The van der Waals surface area contributed by atoms with Crippen molar-refractivity contribution in [2.45, 2.75) is 56.9 Å². The molecule has 138 valence electrons. The summed E-state index contributed by atoms with van der Waals surface area (Å²) in [7, 11) is 1.54. The minimum Gasteiger partial charge on any atom is -0.496 e. The SMILES string of the molecule is CCOC(=O)C1(NC(=O)C(Cl)c2ccc(C)cc2OC)CCCCC1. The predicted octanol–water partition coefficient (Wildman–Crippen LogP) is 3.67. The first-order valence-corrected chi connectivity index (χ1v) is 9.15. The van der Waals surface area contributed by atoms with Gasteiger partial charge in [0.05, 0.1) is 13.7 Å². The van der Waals surface area contributed by atoms with Gasteiger partial charge in [-0.15, -0.1) is 11.6 Å². The van der Waals surface area contributed by atoms with Gasteiger partial charge in [-0.05, 0) is 38.3 Å². The van der Waals surface area contributed by atoms with E-state index in [1.807, 2.05) is 19.1 Å². The van der Waals surface area contributed by atoms with Crippen LogP contribution in [0.15, 0.2) is 18.2 Å². The van der Waals surface area contributed by atoms with Gasteiger partial charge >= 0.3 is 5.97 Å². The van der Waals surface area contributed by atoms with Crippen LogP contribution in [0.5, 0.6) is 5.75 Å². The fourth-order valence-corrected chi connectivity index (χ4v) is 3.51. The Morgan fingerprint density at radius 3 is 2.56 bits per heavy atom. The maximum atomic E-state index is 12.8. The number of hydrogen-bond donors (Lipinski definition) is 1. The van der Waals surface area contributed by atoms with E-state index in [4.69, 9.17) is 21.1 Å². The van der Waals surface area contributed by atoms with Gasteiger partial charge in [-0.3, -0.25) is 4.79 Å². The Labute approximate surface area is 154 Å². The standard InChI is InChI=1S/C19H26ClNO4/c1-4-25-18(23)19(10-6-5-7-11-19)21-17(22)16(20)14-9-8-13(2)12-15(14)24-3/h8-9,12,16H,4-7,10-11H2,1-3H3,(H,21,22). The van der Waals surface area contributed by atoms with E-state index in [0.717, 1.165) is 24.8 Å². The van der Waals surface area contributed by atoms with Gasteiger partial charge < -0.3 is 14.8 Å². The zero-order valence-electron chi connectivity index (χ0n) is 15.1. The third kappa shape index (κ3) is 4.46. The largest absolute Gasteiger partial charge is 0.496 e. The molecule has 2 rings (SSSR count). The average molecular weight is 368 g/mol. The second-order valence-corrected chi connectivity index (χ2v) is 6.90. The summed E-state index contributed by atoms with van der Waals surface area (Å²) < 4.78 is 10.6. The number of carbonyl (C=O) groups is 2. The smallest absolute Gasteiger partial charge is 0.331 e. The van der Waals surface area contributed by atoms with Crippen molar-refractivity contribution in [3.8, 4) is 5.75 Å². The van der Waals surface area contributed by atoms with E-state index in [-0.39, 0.29) is 12.6 Å². The molecule has 5 nitrogen and oxygen atoms in total. The number of methoxy groups -OCH3 is 1. The molecule has 0 aliphatic heterocycles. The van der Waals surface area contributed by atoms with Gasteiger partial charge in [-0.2, -0.15) is 0 Å². The molecular weight excluding hydrogens is 342 g/mol. The van der Waals surface area contributed by atoms with Crippen molar-refractivity contribution < 1.29 is 19.1 Å². The fourth-order valence-electron chi connectivity index (χ4n) is 3.27. The van der Waals surface area contributed by atoms with E-state index in [9.17, 15) is 9.59 Å². The van der Waals surface area contributed by atoms with E-state index in [0.29, 0.717) is 24.2 Å². The van der Waals surface area contributed by atoms with Crippen molar-refractivity contribution in [2.75, 3.05) is 13.7 Å². The van der Waals surface area contributed by atoms with Gasteiger partial charge in [-0.1, -0.05) is 31.4 Å². The number of carbonyl (C=O) groups excluding carboxylic acids is 2. The van der Waals surface area contributed by atoms with Crippen molar-refractivity contribution in [3.63, 3.8) is 0 Å². The lowest BCUT2D eigenvalue weighted by Crippen LogP contribution is -2.57. The summed E-state index contributed by atoms with van der Waals surface area (Å²) in [5.74, 6) is -0.217. The van der Waals surface area contributed by atoms with Gasteiger partial charge in [-0.25, -0.2) is 4.79 Å². The van der Waals surface area contributed by atoms with Crippen LogP contribution in [0, 0.1) is 6.92 Å². The Morgan fingerprint density at radius 2 is 1.96 bits per heavy atom. The molecule has 1 aliphatic rings. The number of hydrogen-bond acceptors (Lipinski definition) is 4. The molecule has 1 saturated carbocycles. The topological polar surface area (TPSA) is 64.6 Å². The van der Waals surface area contributed by atoms with E-state index in [1.54, 1.807) is 20.1 Å². The molecule has 0 aromatic heterocycles. The van der Waals surface area contributed by atoms with Gasteiger partial charge in [0, 0.05) is 5.56 Å². The highest BCUT2D eigenvalue weighted by Gasteiger charge is 2.43. The molecule has 0 spiro atoms. The van der Waals surface area contributed by atoms with Crippen molar-refractivity contribution in [1.82, 2.24) is 5.32 Å². The maximum absolute atomic E-state index is 12.8. The summed E-state index contributed by atoms with van der Waals surface area (Å²) in [4.78, 5) is 25.3. The highest BCUT2D eigenvalue weighted by Crippen LogP contribution is 2.34. The third-order valence-electron chi connectivity index (χ3n) is 4.63. The lowest BCUT2D eigenvalue weighted by Gasteiger charge is -2.36. The first kappa shape index (κ1) is 19.6. The summed E-state index contributed by atoms with van der Waals surface area (Å²) in [6, 6.07) is 5.49. The van der Waals surface area contributed by atoms with Crippen molar-refractivity contribution in [3.05, 3.63) is 29.3 Å². The second kappa shape index (κ2) is 8.56. The molecular formula is C19H26ClNO4. The number of alkyl halides is 1. The molecule has 0 saturated heterocycles. The van der Waals surface area contributed by atoms with Gasteiger partial charge in [0.25, 0.3) is 0 Å². The zero-order chi connectivity index (χ0) is 18.4. The molecule has 0 heterocycles. The Balaban J connectivity index is 2.21. The number of halogens is 1. The van der Waals surface area contributed by atoms with Gasteiger partial charge in [0.15, 0.2) is 0 Å². The third-order valence-corrected chi connectivity index (χ3v) is 5.06. The van der Waals surface area contributed by atoms with Crippen LogP contribution in [0.1, 0.15) is 55.5 Å². The number of esters is 1. The molecule has 1 fully saturated rings. The molecule has 6 heteroatoms. The normalized spacial score (nSPS) is 17.4. The number of amides is 1. The van der Waals surface area contributed by atoms with Crippen LogP contribution >= 0.6 is 11.6 Å². The van der Waals surface area contributed by atoms with E-state index >= 15 is 0 Å². The van der Waals surface area contributed by atoms with Crippen LogP contribution < -0.4 is 10.1 Å². The molecule has 1 N–H and O–H groups in total. The molecule has 1 aliphatic carbocycles. The minimum atomic E-state index is -0.976. The van der Waals surface area contributed by atoms with Crippen molar-refractivity contribution in [1.29, 1.82) is 0 Å².